The molecule has 94 valence electrons. The third-order valence-corrected chi connectivity index (χ3v) is 4.82. The van der Waals surface area contributed by atoms with Crippen LogP contribution in [-0.4, -0.2) is 42.3 Å². The van der Waals surface area contributed by atoms with Crippen molar-refractivity contribution in [3.05, 3.63) is 0 Å². The highest BCUT2D eigenvalue weighted by atomic mass is 16.5. The van der Waals surface area contributed by atoms with Crippen LogP contribution in [0.1, 0.15) is 40.5 Å². The summed E-state index contributed by atoms with van der Waals surface area (Å²) >= 11 is 0. The van der Waals surface area contributed by atoms with Gasteiger partial charge in [0, 0.05) is 25.2 Å². The van der Waals surface area contributed by atoms with Crippen LogP contribution in [0.25, 0.3) is 0 Å². The average Bonchev–Trinajstić information content (AvgIpc) is 2.95. The van der Waals surface area contributed by atoms with Gasteiger partial charge in [0.2, 0.25) is 0 Å². The Bertz CT molecular complexity index is 255. The standard InChI is InChI=1S/C13H26N2O/c1-10-7-15(8-11(2)16-10)13(4,9-14)12(3)5-6-12/h10-11H,5-9,14H2,1-4H3. The summed E-state index contributed by atoms with van der Waals surface area (Å²) in [5, 5.41) is 0. The monoisotopic (exact) mass is 226 g/mol. The number of ether oxygens (including phenoxy) is 1. The zero-order valence-corrected chi connectivity index (χ0v) is 11.1. The second kappa shape index (κ2) is 3.97. The van der Waals surface area contributed by atoms with Crippen LogP contribution in [0.15, 0.2) is 0 Å². The van der Waals surface area contributed by atoms with Gasteiger partial charge in [0.05, 0.1) is 12.2 Å². The lowest BCUT2D eigenvalue weighted by Crippen LogP contribution is -2.62. The van der Waals surface area contributed by atoms with E-state index in [0.717, 1.165) is 19.6 Å². The molecule has 0 aromatic rings. The van der Waals surface area contributed by atoms with Crippen LogP contribution in [-0.2, 0) is 4.74 Å². The first-order chi connectivity index (χ1) is 7.41. The van der Waals surface area contributed by atoms with Crippen LogP contribution >= 0.6 is 0 Å². The zero-order chi connectivity index (χ0) is 12.0. The van der Waals surface area contributed by atoms with Crippen molar-refractivity contribution in [2.45, 2.75) is 58.3 Å². The molecule has 2 rings (SSSR count). The molecule has 1 heterocycles. The van der Waals surface area contributed by atoms with E-state index in [-0.39, 0.29) is 5.54 Å². The van der Waals surface area contributed by atoms with Crippen molar-refractivity contribution in [3.63, 3.8) is 0 Å². The number of rotatable bonds is 3. The van der Waals surface area contributed by atoms with E-state index in [2.05, 4.69) is 32.6 Å². The predicted molar refractivity (Wildman–Crippen MR) is 66.4 cm³/mol. The Morgan fingerprint density at radius 3 is 2.19 bits per heavy atom. The molecule has 2 N–H and O–H groups in total. The largest absolute Gasteiger partial charge is 0.373 e. The highest BCUT2D eigenvalue weighted by Crippen LogP contribution is 2.55. The second-order valence-electron chi connectivity index (χ2n) is 6.20. The molecule has 0 radical (unpaired) electrons. The van der Waals surface area contributed by atoms with Gasteiger partial charge < -0.3 is 10.5 Å². The Hall–Kier alpha value is -0.120. The van der Waals surface area contributed by atoms with Gasteiger partial charge in [-0.15, -0.1) is 0 Å². The first-order valence-electron chi connectivity index (χ1n) is 6.52. The summed E-state index contributed by atoms with van der Waals surface area (Å²) in [4.78, 5) is 2.57. The van der Waals surface area contributed by atoms with Crippen LogP contribution in [0.3, 0.4) is 0 Å². The van der Waals surface area contributed by atoms with Gasteiger partial charge in [0.15, 0.2) is 0 Å². The molecule has 1 aliphatic heterocycles. The van der Waals surface area contributed by atoms with E-state index in [1.54, 1.807) is 0 Å². The Kier molecular flexibility index (Phi) is 3.06. The molecule has 0 aromatic heterocycles. The quantitative estimate of drug-likeness (QED) is 0.794. The fraction of sp³-hybridized carbons (Fsp3) is 1.00. The lowest BCUT2D eigenvalue weighted by atomic mass is 9.81. The number of morpholine rings is 1. The van der Waals surface area contributed by atoms with E-state index in [0.29, 0.717) is 17.6 Å². The van der Waals surface area contributed by atoms with E-state index >= 15 is 0 Å². The molecule has 1 aliphatic carbocycles. The maximum Gasteiger partial charge on any atom is 0.0678 e. The molecule has 1 saturated carbocycles. The van der Waals surface area contributed by atoms with Gasteiger partial charge in [-0.25, -0.2) is 0 Å². The van der Waals surface area contributed by atoms with E-state index in [9.17, 15) is 0 Å². The summed E-state index contributed by atoms with van der Waals surface area (Å²) in [6.45, 7) is 11.8. The summed E-state index contributed by atoms with van der Waals surface area (Å²) < 4.78 is 5.81. The molecular formula is C13H26N2O. The smallest absolute Gasteiger partial charge is 0.0678 e. The molecule has 16 heavy (non-hydrogen) atoms. The zero-order valence-electron chi connectivity index (χ0n) is 11.1. The van der Waals surface area contributed by atoms with Gasteiger partial charge in [-0.05, 0) is 39.0 Å². The lowest BCUT2D eigenvalue weighted by molar-refractivity contribution is -0.111. The van der Waals surface area contributed by atoms with E-state index in [1.165, 1.54) is 12.8 Å². The van der Waals surface area contributed by atoms with Gasteiger partial charge in [0.1, 0.15) is 0 Å². The number of hydrogen-bond donors (Lipinski definition) is 1. The summed E-state index contributed by atoms with van der Waals surface area (Å²) in [6, 6.07) is 0. The van der Waals surface area contributed by atoms with Crippen molar-refractivity contribution in [1.82, 2.24) is 4.90 Å². The second-order valence-corrected chi connectivity index (χ2v) is 6.20. The summed E-state index contributed by atoms with van der Waals surface area (Å²) in [7, 11) is 0. The van der Waals surface area contributed by atoms with E-state index in [1.807, 2.05) is 0 Å². The highest BCUT2D eigenvalue weighted by Gasteiger charge is 2.55. The minimum Gasteiger partial charge on any atom is -0.373 e. The molecule has 2 fully saturated rings. The topological polar surface area (TPSA) is 38.5 Å². The van der Waals surface area contributed by atoms with Gasteiger partial charge in [-0.2, -0.15) is 0 Å². The van der Waals surface area contributed by atoms with Crippen LogP contribution < -0.4 is 5.73 Å². The van der Waals surface area contributed by atoms with Gasteiger partial charge >= 0.3 is 0 Å². The van der Waals surface area contributed by atoms with Crippen molar-refractivity contribution in [1.29, 1.82) is 0 Å². The Morgan fingerprint density at radius 1 is 1.31 bits per heavy atom. The third-order valence-electron chi connectivity index (χ3n) is 4.82. The summed E-state index contributed by atoms with van der Waals surface area (Å²) in [5.74, 6) is 0. The molecule has 3 heteroatoms. The molecule has 3 unspecified atom stereocenters. The van der Waals surface area contributed by atoms with Gasteiger partial charge in [0.25, 0.3) is 0 Å². The SMILES string of the molecule is CC1CN(C(C)(CN)C2(C)CC2)CC(C)O1. The summed E-state index contributed by atoms with van der Waals surface area (Å²) in [5.41, 5.74) is 6.65. The Balaban J connectivity index is 2.14. The maximum absolute atomic E-state index is 6.07. The maximum atomic E-state index is 6.07. The molecule has 1 saturated heterocycles. The lowest BCUT2D eigenvalue weighted by Gasteiger charge is -2.50. The number of hydrogen-bond acceptors (Lipinski definition) is 3. The molecule has 3 atom stereocenters. The highest BCUT2D eigenvalue weighted by molar-refractivity contribution is 5.10. The molecule has 0 bridgehead atoms. The third kappa shape index (κ3) is 1.89. The minimum atomic E-state index is 0.152. The van der Waals surface area contributed by atoms with Crippen molar-refractivity contribution < 1.29 is 4.74 Å². The molecule has 3 nitrogen and oxygen atoms in total. The molecule has 2 aliphatic rings. The fourth-order valence-corrected chi connectivity index (χ4v) is 3.06. The molecule has 0 spiro atoms. The van der Waals surface area contributed by atoms with Crippen molar-refractivity contribution in [3.8, 4) is 0 Å². The summed E-state index contributed by atoms with van der Waals surface area (Å²) in [6.07, 6.45) is 3.30. The molecular weight excluding hydrogens is 200 g/mol. The predicted octanol–water partition coefficient (Wildman–Crippen LogP) is 1.61. The normalized spacial score (nSPS) is 38.1. The molecule has 0 aromatic carbocycles. The van der Waals surface area contributed by atoms with Crippen LogP contribution in [0.2, 0.25) is 0 Å². The first-order valence-corrected chi connectivity index (χ1v) is 6.52. The molecule has 0 amide bonds. The van der Waals surface area contributed by atoms with Crippen molar-refractivity contribution in [2.75, 3.05) is 19.6 Å². The Morgan fingerprint density at radius 2 is 1.81 bits per heavy atom. The van der Waals surface area contributed by atoms with Crippen molar-refractivity contribution >= 4 is 0 Å². The number of nitrogens with zero attached hydrogens (tertiary/aromatic N) is 1. The van der Waals surface area contributed by atoms with Crippen molar-refractivity contribution in [2.24, 2.45) is 11.1 Å². The fourth-order valence-electron chi connectivity index (χ4n) is 3.06. The van der Waals surface area contributed by atoms with E-state index < -0.39 is 0 Å². The minimum absolute atomic E-state index is 0.152. The van der Waals surface area contributed by atoms with Gasteiger partial charge in [-0.3, -0.25) is 4.90 Å². The number of nitrogens with two attached hydrogens (primary N) is 1. The van der Waals surface area contributed by atoms with Crippen LogP contribution in [0, 0.1) is 5.41 Å². The first kappa shape index (κ1) is 12.3. The van der Waals surface area contributed by atoms with Gasteiger partial charge in [-0.1, -0.05) is 6.92 Å². The van der Waals surface area contributed by atoms with E-state index in [4.69, 9.17) is 10.5 Å². The average molecular weight is 226 g/mol. The Labute approximate surface area is 99.3 Å². The van der Waals surface area contributed by atoms with Crippen LogP contribution in [0.4, 0.5) is 0 Å². The van der Waals surface area contributed by atoms with Crippen LogP contribution in [0.5, 0.6) is 0 Å².